The molecule has 0 aliphatic carbocycles. The molecular formula is C30H27ClN2O5. The molecule has 194 valence electrons. The average molecular weight is 531 g/mol. The van der Waals surface area contributed by atoms with E-state index in [1.807, 2.05) is 30.3 Å². The van der Waals surface area contributed by atoms with E-state index < -0.39 is 11.9 Å². The number of esters is 1. The summed E-state index contributed by atoms with van der Waals surface area (Å²) in [5.41, 5.74) is 3.36. The Morgan fingerprint density at radius 2 is 1.61 bits per heavy atom. The molecule has 4 rings (SSSR count). The molecule has 0 aliphatic rings. The van der Waals surface area contributed by atoms with Gasteiger partial charge in [0.15, 0.2) is 6.61 Å². The Balaban J connectivity index is 1.40. The summed E-state index contributed by atoms with van der Waals surface area (Å²) < 4.78 is 16.8. The lowest BCUT2D eigenvalue weighted by molar-refractivity contribution is -0.123. The van der Waals surface area contributed by atoms with Gasteiger partial charge < -0.3 is 14.2 Å². The van der Waals surface area contributed by atoms with Crippen molar-refractivity contribution in [3.05, 3.63) is 101 Å². The van der Waals surface area contributed by atoms with E-state index in [1.165, 1.54) is 6.21 Å². The van der Waals surface area contributed by atoms with Crippen molar-refractivity contribution < 1.29 is 23.8 Å². The molecule has 38 heavy (non-hydrogen) atoms. The number of carbonyl (C=O) groups is 2. The molecule has 4 aromatic rings. The Labute approximate surface area is 226 Å². The van der Waals surface area contributed by atoms with Crippen molar-refractivity contribution >= 4 is 40.5 Å². The maximum absolute atomic E-state index is 12.7. The first-order valence-electron chi connectivity index (χ1n) is 12.2. The summed E-state index contributed by atoms with van der Waals surface area (Å²) in [6.45, 7) is 2.55. The number of halogens is 1. The van der Waals surface area contributed by atoms with Gasteiger partial charge in [-0.1, -0.05) is 55.3 Å². The minimum atomic E-state index is -0.536. The highest BCUT2D eigenvalue weighted by molar-refractivity contribution is 6.30. The Kier molecular flexibility index (Phi) is 9.32. The monoisotopic (exact) mass is 530 g/mol. The Morgan fingerprint density at radius 1 is 0.895 bits per heavy atom. The topological polar surface area (TPSA) is 86.2 Å². The highest BCUT2D eigenvalue weighted by Gasteiger charge is 2.14. The summed E-state index contributed by atoms with van der Waals surface area (Å²) in [4.78, 5) is 25.0. The van der Waals surface area contributed by atoms with Crippen LogP contribution in [0.25, 0.3) is 10.8 Å². The van der Waals surface area contributed by atoms with Crippen LogP contribution in [0, 0.1) is 0 Å². The predicted octanol–water partition coefficient (Wildman–Crippen LogP) is 6.42. The fourth-order valence-electron chi connectivity index (χ4n) is 3.56. The minimum Gasteiger partial charge on any atom is -0.494 e. The minimum absolute atomic E-state index is 0.221. The molecule has 0 fully saturated rings. The number of carbonyl (C=O) groups excluding carboxylic acids is 2. The van der Waals surface area contributed by atoms with Crippen LogP contribution in [0.3, 0.4) is 0 Å². The quantitative estimate of drug-likeness (QED) is 0.0794. The molecule has 0 aromatic heterocycles. The number of hydrogen-bond acceptors (Lipinski definition) is 6. The summed E-state index contributed by atoms with van der Waals surface area (Å²) in [6, 6.07) is 24.7. The van der Waals surface area contributed by atoms with E-state index >= 15 is 0 Å². The zero-order chi connectivity index (χ0) is 26.7. The third-order valence-electron chi connectivity index (χ3n) is 5.56. The van der Waals surface area contributed by atoms with E-state index in [2.05, 4.69) is 17.5 Å². The van der Waals surface area contributed by atoms with Crippen LogP contribution in [0.15, 0.2) is 90.0 Å². The molecule has 0 saturated carbocycles. The summed E-state index contributed by atoms with van der Waals surface area (Å²) in [7, 11) is 0. The van der Waals surface area contributed by atoms with Crippen molar-refractivity contribution in [1.29, 1.82) is 0 Å². The Hall–Kier alpha value is -4.36. The summed E-state index contributed by atoms with van der Waals surface area (Å²) >= 11 is 5.92. The standard InChI is InChI=1S/C30H27ClN2O5/c1-2-3-18-36-24-13-15-25(16-14-24)37-20-29(34)33-32-19-27-26-7-5-4-6-21(26)10-17-28(27)38-30(35)22-8-11-23(31)12-9-22/h4-17,19H,2-3,18,20H2,1H3,(H,33,34)/b32-19-. The lowest BCUT2D eigenvalue weighted by Crippen LogP contribution is -2.24. The summed E-state index contributed by atoms with van der Waals surface area (Å²) in [5, 5.41) is 6.34. The molecule has 0 atom stereocenters. The fraction of sp³-hybridized carbons (Fsp3) is 0.167. The third kappa shape index (κ3) is 7.33. The molecule has 0 unspecified atom stereocenters. The number of nitrogens with one attached hydrogen (secondary N) is 1. The van der Waals surface area contributed by atoms with E-state index in [-0.39, 0.29) is 6.61 Å². The lowest BCUT2D eigenvalue weighted by atomic mass is 10.0. The van der Waals surface area contributed by atoms with Crippen molar-refractivity contribution in [2.24, 2.45) is 5.10 Å². The Morgan fingerprint density at radius 3 is 2.34 bits per heavy atom. The zero-order valence-corrected chi connectivity index (χ0v) is 21.6. The van der Waals surface area contributed by atoms with E-state index in [1.54, 1.807) is 54.6 Å². The molecule has 7 nitrogen and oxygen atoms in total. The first-order valence-corrected chi connectivity index (χ1v) is 12.6. The molecule has 1 amide bonds. The van der Waals surface area contributed by atoms with Crippen molar-refractivity contribution in [1.82, 2.24) is 5.43 Å². The number of hydrazone groups is 1. The number of ether oxygens (including phenoxy) is 3. The van der Waals surface area contributed by atoms with Gasteiger partial charge in [-0.15, -0.1) is 0 Å². The molecule has 8 heteroatoms. The number of rotatable bonds is 11. The van der Waals surface area contributed by atoms with Gasteiger partial charge in [-0.05, 0) is 71.8 Å². The second kappa shape index (κ2) is 13.3. The molecule has 0 radical (unpaired) electrons. The predicted molar refractivity (Wildman–Crippen MR) is 148 cm³/mol. The Bertz CT molecular complexity index is 1420. The van der Waals surface area contributed by atoms with E-state index in [0.29, 0.717) is 34.3 Å². The van der Waals surface area contributed by atoms with Crippen LogP contribution < -0.4 is 19.6 Å². The molecule has 0 aliphatic heterocycles. The lowest BCUT2D eigenvalue weighted by Gasteiger charge is -2.11. The molecule has 1 N–H and O–H groups in total. The second-order valence-electron chi connectivity index (χ2n) is 8.35. The van der Waals surface area contributed by atoms with Crippen LogP contribution in [0.1, 0.15) is 35.7 Å². The van der Waals surface area contributed by atoms with Crippen molar-refractivity contribution in [2.45, 2.75) is 19.8 Å². The number of hydrogen-bond donors (Lipinski definition) is 1. The highest BCUT2D eigenvalue weighted by atomic mass is 35.5. The maximum Gasteiger partial charge on any atom is 0.343 e. The van der Waals surface area contributed by atoms with Gasteiger partial charge in [-0.2, -0.15) is 5.10 Å². The smallest absolute Gasteiger partial charge is 0.343 e. The van der Waals surface area contributed by atoms with Gasteiger partial charge in [0.05, 0.1) is 18.4 Å². The molecule has 0 saturated heterocycles. The molecule has 0 heterocycles. The molecule has 0 spiro atoms. The van der Waals surface area contributed by atoms with Crippen molar-refractivity contribution in [3.63, 3.8) is 0 Å². The van der Waals surface area contributed by atoms with Gasteiger partial charge >= 0.3 is 5.97 Å². The van der Waals surface area contributed by atoms with Gasteiger partial charge in [-0.25, -0.2) is 10.2 Å². The van der Waals surface area contributed by atoms with E-state index in [4.69, 9.17) is 25.8 Å². The number of amides is 1. The SMILES string of the molecule is CCCCOc1ccc(OCC(=O)N/N=C\c2c(OC(=O)c3ccc(Cl)cc3)ccc3ccccc23)cc1. The van der Waals surface area contributed by atoms with Gasteiger partial charge in [0.1, 0.15) is 17.2 Å². The molecule has 0 bridgehead atoms. The van der Waals surface area contributed by atoms with Gasteiger partial charge in [-0.3, -0.25) is 4.79 Å². The van der Waals surface area contributed by atoms with Gasteiger partial charge in [0.25, 0.3) is 5.91 Å². The van der Waals surface area contributed by atoms with Crippen LogP contribution >= 0.6 is 11.6 Å². The second-order valence-corrected chi connectivity index (χ2v) is 8.79. The van der Waals surface area contributed by atoms with Crippen molar-refractivity contribution in [2.75, 3.05) is 13.2 Å². The van der Waals surface area contributed by atoms with Crippen LogP contribution in [0.5, 0.6) is 17.2 Å². The highest BCUT2D eigenvalue weighted by Crippen LogP contribution is 2.27. The van der Waals surface area contributed by atoms with Crippen LogP contribution in [-0.2, 0) is 4.79 Å². The average Bonchev–Trinajstić information content (AvgIpc) is 2.94. The summed E-state index contributed by atoms with van der Waals surface area (Å²) in [6.07, 6.45) is 3.51. The number of unbranched alkanes of at least 4 members (excludes halogenated alkanes) is 1. The number of benzene rings is 4. The number of nitrogens with zero attached hydrogens (tertiary/aromatic N) is 1. The number of fused-ring (bicyclic) bond motifs is 1. The first kappa shape index (κ1) is 26.7. The van der Waals surface area contributed by atoms with Gasteiger partial charge in [0, 0.05) is 10.6 Å². The fourth-order valence-corrected chi connectivity index (χ4v) is 3.68. The largest absolute Gasteiger partial charge is 0.494 e. The van der Waals surface area contributed by atoms with Crippen LogP contribution in [-0.4, -0.2) is 31.3 Å². The summed E-state index contributed by atoms with van der Waals surface area (Å²) in [5.74, 6) is 0.620. The first-order chi connectivity index (χ1) is 18.5. The third-order valence-corrected chi connectivity index (χ3v) is 5.81. The van der Waals surface area contributed by atoms with Crippen molar-refractivity contribution in [3.8, 4) is 17.2 Å². The van der Waals surface area contributed by atoms with Crippen LogP contribution in [0.4, 0.5) is 0 Å². The van der Waals surface area contributed by atoms with E-state index in [0.717, 1.165) is 29.4 Å². The maximum atomic E-state index is 12.7. The van der Waals surface area contributed by atoms with E-state index in [9.17, 15) is 9.59 Å². The normalized spacial score (nSPS) is 10.9. The molecule has 4 aromatic carbocycles. The van der Waals surface area contributed by atoms with Crippen LogP contribution in [0.2, 0.25) is 5.02 Å². The molecular weight excluding hydrogens is 504 g/mol. The zero-order valence-electron chi connectivity index (χ0n) is 20.9. The van der Waals surface area contributed by atoms with Gasteiger partial charge in [0.2, 0.25) is 0 Å².